The number of halogens is 2. The SMILES string of the molecule is CC(C)(C)OC(=O)N1CCN(c2ncc(C(=O)c3ccc(F)cc3)cn2)CC1.CC(C)(C)[S@@+]([O-])/N=C(/c1ccc(F)cc1)c1cnc(N2CCN(C(=O)O)CC2)nc1. The molecule has 1 N–H and O–H groups in total. The number of amides is 2. The zero-order chi connectivity index (χ0) is 42.2. The smallest absolute Gasteiger partial charge is 0.410 e. The lowest BCUT2D eigenvalue weighted by molar-refractivity contribution is 0.0240. The molecule has 2 aromatic carbocycles. The highest BCUT2D eigenvalue weighted by molar-refractivity contribution is 7.91. The van der Waals surface area contributed by atoms with Crippen molar-refractivity contribution in [2.24, 2.45) is 4.40 Å². The summed E-state index contributed by atoms with van der Waals surface area (Å²) in [6.07, 6.45) is 4.86. The van der Waals surface area contributed by atoms with Gasteiger partial charge in [0.2, 0.25) is 11.9 Å². The number of aromatic nitrogens is 4. The Morgan fingerprint density at radius 3 is 1.48 bits per heavy atom. The molecule has 58 heavy (non-hydrogen) atoms. The summed E-state index contributed by atoms with van der Waals surface area (Å²) in [6, 6.07) is 11.1. The minimum Gasteiger partial charge on any atom is -0.591 e. The number of benzene rings is 2. The van der Waals surface area contributed by atoms with Crippen molar-refractivity contribution in [2.75, 3.05) is 62.2 Å². The molecule has 308 valence electrons. The second-order valence-corrected chi connectivity index (χ2v) is 17.3. The summed E-state index contributed by atoms with van der Waals surface area (Å²) in [7, 11) is 0. The van der Waals surface area contributed by atoms with Crippen molar-refractivity contribution in [1.29, 1.82) is 0 Å². The summed E-state index contributed by atoms with van der Waals surface area (Å²) in [6.45, 7) is 14.9. The van der Waals surface area contributed by atoms with Gasteiger partial charge in [0.15, 0.2) is 5.78 Å². The molecule has 0 radical (unpaired) electrons. The van der Waals surface area contributed by atoms with Gasteiger partial charge in [0.25, 0.3) is 0 Å². The van der Waals surface area contributed by atoms with Crippen molar-refractivity contribution >= 4 is 46.9 Å². The molecule has 18 heteroatoms. The van der Waals surface area contributed by atoms with Gasteiger partial charge in [-0.05, 0) is 90.1 Å². The third-order valence-electron chi connectivity index (χ3n) is 8.78. The summed E-state index contributed by atoms with van der Waals surface area (Å²) in [5.41, 5.74) is 1.79. The molecule has 2 aliphatic heterocycles. The zero-order valence-corrected chi connectivity index (χ0v) is 34.1. The lowest BCUT2D eigenvalue weighted by Gasteiger charge is -2.35. The number of nitrogens with zero attached hydrogens (tertiary/aromatic N) is 9. The molecular weight excluding hydrogens is 773 g/mol. The van der Waals surface area contributed by atoms with Gasteiger partial charge >= 0.3 is 12.2 Å². The molecule has 2 saturated heterocycles. The van der Waals surface area contributed by atoms with E-state index in [0.717, 1.165) is 0 Å². The van der Waals surface area contributed by atoms with E-state index in [0.29, 0.717) is 92.2 Å². The Hall–Kier alpha value is -5.75. The van der Waals surface area contributed by atoms with Crippen LogP contribution in [-0.2, 0) is 16.1 Å². The van der Waals surface area contributed by atoms with Crippen LogP contribution in [-0.4, -0.2) is 126 Å². The van der Waals surface area contributed by atoms with Crippen LogP contribution in [0.5, 0.6) is 0 Å². The van der Waals surface area contributed by atoms with Crippen molar-refractivity contribution in [2.45, 2.75) is 51.9 Å². The Bertz CT molecular complexity index is 2050. The van der Waals surface area contributed by atoms with Gasteiger partial charge in [0, 0.05) is 93.8 Å². The first-order valence-corrected chi connectivity index (χ1v) is 19.7. The van der Waals surface area contributed by atoms with E-state index in [-0.39, 0.29) is 17.7 Å². The van der Waals surface area contributed by atoms with Crippen molar-refractivity contribution in [3.63, 3.8) is 0 Å². The van der Waals surface area contributed by atoms with E-state index in [1.54, 1.807) is 29.4 Å². The van der Waals surface area contributed by atoms with Crippen molar-refractivity contribution < 1.29 is 37.6 Å². The Labute approximate surface area is 339 Å². The zero-order valence-electron chi connectivity index (χ0n) is 33.3. The molecular formula is C40H47F2N9O6S. The van der Waals surface area contributed by atoms with Crippen LogP contribution in [0.15, 0.2) is 77.7 Å². The minimum absolute atomic E-state index is 0.263. The molecule has 2 aromatic heterocycles. The van der Waals surface area contributed by atoms with E-state index in [2.05, 4.69) is 24.3 Å². The maximum atomic E-state index is 13.4. The summed E-state index contributed by atoms with van der Waals surface area (Å²) in [5, 5.41) is 9.06. The maximum absolute atomic E-state index is 13.4. The topological polar surface area (TPSA) is 181 Å². The molecule has 2 aliphatic rings. The molecule has 0 bridgehead atoms. The van der Waals surface area contributed by atoms with Crippen LogP contribution in [0, 0.1) is 11.6 Å². The first kappa shape index (κ1) is 43.4. The highest BCUT2D eigenvalue weighted by Crippen LogP contribution is 2.22. The fraction of sp³-hybridized carbons (Fsp3) is 0.400. The molecule has 15 nitrogen and oxygen atoms in total. The molecule has 0 saturated carbocycles. The number of ketones is 1. The van der Waals surface area contributed by atoms with Crippen LogP contribution < -0.4 is 9.80 Å². The van der Waals surface area contributed by atoms with Gasteiger partial charge in [-0.1, -0.05) is 4.40 Å². The Kier molecular flexibility index (Phi) is 14.0. The molecule has 0 spiro atoms. The molecule has 0 unspecified atom stereocenters. The summed E-state index contributed by atoms with van der Waals surface area (Å²) in [5.74, 6) is -0.0456. The van der Waals surface area contributed by atoms with Gasteiger partial charge in [0.05, 0.1) is 5.56 Å². The number of carboxylic acid groups (broad SMARTS) is 1. The number of rotatable bonds is 7. The summed E-state index contributed by atoms with van der Waals surface area (Å²) < 4.78 is 48.2. The number of piperazine rings is 2. The summed E-state index contributed by atoms with van der Waals surface area (Å²) >= 11 is -1.52. The van der Waals surface area contributed by atoms with E-state index in [1.807, 2.05) is 51.3 Å². The van der Waals surface area contributed by atoms with E-state index in [9.17, 15) is 27.7 Å². The van der Waals surface area contributed by atoms with Gasteiger partial charge < -0.3 is 34.0 Å². The molecule has 2 fully saturated rings. The van der Waals surface area contributed by atoms with Crippen LogP contribution in [0.3, 0.4) is 0 Å². The van der Waals surface area contributed by atoms with E-state index < -0.39 is 33.6 Å². The molecule has 1 atom stereocenters. The summed E-state index contributed by atoms with van der Waals surface area (Å²) in [4.78, 5) is 59.8. The number of hydrogen-bond acceptors (Lipinski definition) is 12. The second-order valence-electron chi connectivity index (χ2n) is 15.4. The minimum atomic E-state index is -1.52. The molecule has 4 heterocycles. The van der Waals surface area contributed by atoms with Crippen LogP contribution in [0.2, 0.25) is 0 Å². The van der Waals surface area contributed by atoms with Gasteiger partial charge in [-0.2, -0.15) is 0 Å². The molecule has 2 amide bonds. The normalized spacial score (nSPS) is 15.6. The van der Waals surface area contributed by atoms with Crippen LogP contribution in [0.1, 0.15) is 68.6 Å². The predicted octanol–water partition coefficient (Wildman–Crippen LogP) is 5.62. The first-order valence-electron chi connectivity index (χ1n) is 18.5. The van der Waals surface area contributed by atoms with Crippen LogP contribution >= 0.6 is 0 Å². The fourth-order valence-electron chi connectivity index (χ4n) is 5.59. The fourth-order valence-corrected chi connectivity index (χ4v) is 6.24. The van der Waals surface area contributed by atoms with Gasteiger partial charge in [-0.3, -0.25) is 4.79 Å². The second kappa shape index (κ2) is 18.7. The third-order valence-corrected chi connectivity index (χ3v) is 10.2. The Morgan fingerprint density at radius 2 is 1.07 bits per heavy atom. The monoisotopic (exact) mass is 819 g/mol. The molecule has 4 aromatic rings. The van der Waals surface area contributed by atoms with E-state index in [1.165, 1.54) is 53.7 Å². The van der Waals surface area contributed by atoms with Gasteiger partial charge in [-0.25, -0.2) is 38.3 Å². The van der Waals surface area contributed by atoms with Crippen molar-refractivity contribution in [3.8, 4) is 0 Å². The average Bonchev–Trinajstić information content (AvgIpc) is 3.20. The lowest BCUT2D eigenvalue weighted by atomic mass is 10.1. The number of anilines is 2. The van der Waals surface area contributed by atoms with E-state index >= 15 is 0 Å². The number of hydrogen-bond donors (Lipinski definition) is 1. The highest BCUT2D eigenvalue weighted by atomic mass is 32.2. The highest BCUT2D eigenvalue weighted by Gasteiger charge is 2.29. The molecule has 6 rings (SSSR count). The van der Waals surface area contributed by atoms with Crippen molar-refractivity contribution in [3.05, 3.63) is 107 Å². The van der Waals surface area contributed by atoms with Crippen LogP contribution in [0.4, 0.5) is 30.3 Å². The number of ether oxygens (including phenoxy) is 1. The Morgan fingerprint density at radius 1 is 0.655 bits per heavy atom. The van der Waals surface area contributed by atoms with Crippen LogP contribution in [0.25, 0.3) is 0 Å². The predicted molar refractivity (Wildman–Crippen MR) is 216 cm³/mol. The van der Waals surface area contributed by atoms with Gasteiger partial charge in [-0.15, -0.1) is 0 Å². The lowest BCUT2D eigenvalue weighted by Crippen LogP contribution is -2.50. The quantitative estimate of drug-likeness (QED) is 0.138. The largest absolute Gasteiger partial charge is 0.591 e. The first-order chi connectivity index (χ1) is 27.4. The van der Waals surface area contributed by atoms with Gasteiger partial charge in [0.1, 0.15) is 39.1 Å². The Balaban J connectivity index is 0.000000221. The average molecular weight is 820 g/mol. The standard InChI is InChI=1S/C20H24FN5O3S.C20H23FN4O3/c1-20(2,3)30(29)24-17(14-4-6-16(21)7-5-14)15-12-22-18(23-13-15)25-8-10-26(11-9-25)19(27)28;1-20(2,3)28-19(27)25-10-8-24(9-11-25)18-22-12-15(13-23-18)17(26)14-4-6-16(21)7-5-14/h4-7,12-13H,8-11H2,1-3H3,(H,27,28);4-7,12-13H,8-11H2,1-3H3/b24-17-;/t30-;/m1./s1. The number of carbonyl (C=O) groups is 3. The molecule has 0 aliphatic carbocycles. The van der Waals surface area contributed by atoms with E-state index in [4.69, 9.17) is 9.84 Å². The third kappa shape index (κ3) is 11.9. The van der Waals surface area contributed by atoms with Crippen molar-refractivity contribution in [1.82, 2.24) is 29.7 Å². The number of carbonyl (C=O) groups excluding carboxylic acids is 2. The maximum Gasteiger partial charge on any atom is 0.410 e.